The molecule has 0 amide bonds. The van der Waals surface area contributed by atoms with E-state index >= 15 is 0 Å². The fraction of sp³-hybridized carbons (Fsp3) is 0.360. The highest BCUT2D eigenvalue weighted by Crippen LogP contribution is 2.32. The summed E-state index contributed by atoms with van der Waals surface area (Å²) in [4.78, 5) is 14.0. The number of ketones is 1. The second kappa shape index (κ2) is 9.11. The van der Waals surface area contributed by atoms with Gasteiger partial charge in [-0.05, 0) is 55.7 Å². The van der Waals surface area contributed by atoms with Crippen LogP contribution in [0.4, 0.5) is 5.69 Å². The number of nitrogens with zero attached hydrogens (tertiary/aromatic N) is 3. The van der Waals surface area contributed by atoms with Gasteiger partial charge in [-0.3, -0.25) is 4.79 Å². The number of benzene rings is 2. The Morgan fingerprint density at radius 1 is 1.00 bits per heavy atom. The lowest BCUT2D eigenvalue weighted by Crippen LogP contribution is -2.48. The number of carbonyl (C=O) groups excluding carboxylic acids is 1. The smallest absolute Gasteiger partial charge is 0.243 e. The molecule has 3 aromatic rings. The van der Waals surface area contributed by atoms with E-state index in [1.54, 1.807) is 23.4 Å². The van der Waals surface area contributed by atoms with Gasteiger partial charge in [0.15, 0.2) is 11.5 Å². The lowest BCUT2D eigenvalue weighted by atomic mass is 10.0. The van der Waals surface area contributed by atoms with Crippen LogP contribution in [0.3, 0.4) is 0 Å². The molecule has 2 heterocycles. The van der Waals surface area contributed by atoms with E-state index in [4.69, 9.17) is 4.52 Å². The van der Waals surface area contributed by atoms with Crippen LogP contribution in [0.1, 0.15) is 48.3 Å². The van der Waals surface area contributed by atoms with Crippen LogP contribution in [0, 0.1) is 6.92 Å². The van der Waals surface area contributed by atoms with Crippen LogP contribution in [0.2, 0.25) is 0 Å². The first-order chi connectivity index (χ1) is 15.7. The average molecular weight is 468 g/mol. The zero-order valence-corrected chi connectivity index (χ0v) is 20.2. The maximum atomic E-state index is 13.7. The maximum Gasteiger partial charge on any atom is 0.243 e. The SMILES string of the molecule is CC(=O)c1ccc(N2CCN(S(=O)(=O)c3cc(-c4cc(C)no4)ccc3C(C)C)CC2)cc1. The number of aryl methyl sites for hydroxylation is 1. The molecule has 8 heteroatoms. The number of Topliss-reactive ketones (excluding diaryl/α,β-unsaturated/α-hetero) is 1. The Labute approximate surface area is 195 Å². The van der Waals surface area contributed by atoms with Crippen LogP contribution in [-0.2, 0) is 10.0 Å². The van der Waals surface area contributed by atoms with Gasteiger partial charge in [0.2, 0.25) is 10.0 Å². The van der Waals surface area contributed by atoms with E-state index < -0.39 is 10.0 Å². The average Bonchev–Trinajstić information content (AvgIpc) is 3.25. The van der Waals surface area contributed by atoms with Gasteiger partial charge in [-0.1, -0.05) is 31.1 Å². The third-order valence-electron chi connectivity index (χ3n) is 6.04. The van der Waals surface area contributed by atoms with E-state index in [0.717, 1.165) is 16.9 Å². The first-order valence-electron chi connectivity index (χ1n) is 11.1. The highest BCUT2D eigenvalue weighted by molar-refractivity contribution is 7.89. The van der Waals surface area contributed by atoms with Gasteiger partial charge in [0.05, 0.1) is 10.6 Å². The molecule has 1 aliphatic heterocycles. The molecule has 7 nitrogen and oxygen atoms in total. The Bertz CT molecular complexity index is 1260. The summed E-state index contributed by atoms with van der Waals surface area (Å²) in [5.74, 6) is 0.639. The minimum absolute atomic E-state index is 0.0288. The van der Waals surface area contributed by atoms with Crippen molar-refractivity contribution in [1.29, 1.82) is 0 Å². The second-order valence-electron chi connectivity index (χ2n) is 8.73. The third kappa shape index (κ3) is 4.72. The maximum absolute atomic E-state index is 13.7. The Balaban J connectivity index is 1.57. The van der Waals surface area contributed by atoms with Crippen LogP contribution in [0.5, 0.6) is 0 Å². The van der Waals surface area contributed by atoms with Crippen molar-refractivity contribution in [3.05, 3.63) is 65.4 Å². The molecule has 0 saturated carbocycles. The molecule has 2 aromatic carbocycles. The van der Waals surface area contributed by atoms with Crippen LogP contribution >= 0.6 is 0 Å². The largest absolute Gasteiger partial charge is 0.369 e. The van der Waals surface area contributed by atoms with Gasteiger partial charge in [-0.25, -0.2) is 8.42 Å². The van der Waals surface area contributed by atoms with E-state index in [0.29, 0.717) is 48.0 Å². The van der Waals surface area contributed by atoms with E-state index in [1.165, 1.54) is 0 Å². The molecule has 33 heavy (non-hydrogen) atoms. The lowest BCUT2D eigenvalue weighted by Gasteiger charge is -2.36. The molecule has 0 atom stereocenters. The van der Waals surface area contributed by atoms with E-state index in [1.807, 2.05) is 57.2 Å². The van der Waals surface area contributed by atoms with Crippen LogP contribution in [0.25, 0.3) is 11.3 Å². The summed E-state index contributed by atoms with van der Waals surface area (Å²) in [5, 5.41) is 3.93. The number of sulfonamides is 1. The Morgan fingerprint density at radius 2 is 1.67 bits per heavy atom. The molecular weight excluding hydrogens is 438 g/mol. The van der Waals surface area contributed by atoms with E-state index in [-0.39, 0.29) is 11.7 Å². The Hall–Kier alpha value is -2.97. The summed E-state index contributed by atoms with van der Waals surface area (Å²) < 4.78 is 34.3. The molecule has 1 fully saturated rings. The number of piperazine rings is 1. The van der Waals surface area contributed by atoms with Crippen molar-refractivity contribution in [3.8, 4) is 11.3 Å². The number of aromatic nitrogens is 1. The Morgan fingerprint density at radius 3 is 2.21 bits per heavy atom. The molecule has 0 bridgehead atoms. The summed E-state index contributed by atoms with van der Waals surface area (Å²) in [6, 6.07) is 14.7. The minimum Gasteiger partial charge on any atom is -0.369 e. The second-order valence-corrected chi connectivity index (χ2v) is 10.6. The molecule has 1 aromatic heterocycles. The summed E-state index contributed by atoms with van der Waals surface area (Å²) in [7, 11) is -3.69. The zero-order chi connectivity index (χ0) is 23.8. The zero-order valence-electron chi connectivity index (χ0n) is 19.4. The van der Waals surface area contributed by atoms with Crippen molar-refractivity contribution in [2.45, 2.75) is 38.5 Å². The van der Waals surface area contributed by atoms with Gasteiger partial charge >= 0.3 is 0 Å². The first-order valence-corrected chi connectivity index (χ1v) is 12.5. The van der Waals surface area contributed by atoms with E-state index in [9.17, 15) is 13.2 Å². The quantitative estimate of drug-likeness (QED) is 0.497. The van der Waals surface area contributed by atoms with Crippen LogP contribution in [0.15, 0.2) is 57.9 Å². The number of anilines is 1. The third-order valence-corrected chi connectivity index (χ3v) is 8.00. The molecule has 174 valence electrons. The minimum atomic E-state index is -3.69. The molecule has 0 aliphatic carbocycles. The van der Waals surface area contributed by atoms with Crippen molar-refractivity contribution < 1.29 is 17.7 Å². The number of carbonyl (C=O) groups is 1. The first kappa shape index (κ1) is 23.2. The molecule has 1 saturated heterocycles. The summed E-state index contributed by atoms with van der Waals surface area (Å²) in [6.45, 7) is 9.31. The van der Waals surface area contributed by atoms with Crippen molar-refractivity contribution in [3.63, 3.8) is 0 Å². The highest BCUT2D eigenvalue weighted by atomic mass is 32.2. The predicted molar refractivity (Wildman–Crippen MR) is 128 cm³/mol. The summed E-state index contributed by atoms with van der Waals surface area (Å²) in [5.41, 5.74) is 3.89. The van der Waals surface area contributed by atoms with Gasteiger partial charge in [0.25, 0.3) is 0 Å². The molecule has 0 N–H and O–H groups in total. The van der Waals surface area contributed by atoms with Crippen LogP contribution in [-0.4, -0.2) is 49.8 Å². The Kier molecular flexibility index (Phi) is 6.41. The van der Waals surface area contributed by atoms with Gasteiger partial charge in [0.1, 0.15) is 0 Å². The van der Waals surface area contributed by atoms with Crippen molar-refractivity contribution in [2.75, 3.05) is 31.1 Å². The van der Waals surface area contributed by atoms with Crippen molar-refractivity contribution >= 4 is 21.5 Å². The number of rotatable bonds is 6. The van der Waals surface area contributed by atoms with Gasteiger partial charge in [-0.15, -0.1) is 0 Å². The molecular formula is C25H29N3O4S. The standard InChI is InChI=1S/C25H29N3O4S/c1-17(2)23-10-7-21(24-15-18(3)26-32-24)16-25(23)33(30,31)28-13-11-27(12-14-28)22-8-5-20(6-9-22)19(4)29/h5-10,15-17H,11-14H2,1-4H3. The van der Waals surface area contributed by atoms with Gasteiger partial charge < -0.3 is 9.42 Å². The predicted octanol–water partition coefficient (Wildman–Crippen LogP) is 4.49. The fourth-order valence-corrected chi connectivity index (χ4v) is 5.92. The van der Waals surface area contributed by atoms with Crippen molar-refractivity contribution in [1.82, 2.24) is 9.46 Å². The summed E-state index contributed by atoms with van der Waals surface area (Å²) >= 11 is 0. The molecule has 1 aliphatic rings. The van der Waals surface area contributed by atoms with E-state index in [2.05, 4.69) is 10.1 Å². The fourth-order valence-electron chi connectivity index (χ4n) is 4.12. The molecule has 0 radical (unpaired) electrons. The highest BCUT2D eigenvalue weighted by Gasteiger charge is 2.31. The van der Waals surface area contributed by atoms with Gasteiger partial charge in [0, 0.05) is 49.1 Å². The molecule has 0 unspecified atom stereocenters. The number of hydrogen-bond acceptors (Lipinski definition) is 6. The normalized spacial score (nSPS) is 15.2. The molecule has 4 rings (SSSR count). The topological polar surface area (TPSA) is 83.7 Å². The number of hydrogen-bond donors (Lipinski definition) is 0. The lowest BCUT2D eigenvalue weighted by molar-refractivity contribution is 0.101. The van der Waals surface area contributed by atoms with Crippen molar-refractivity contribution in [2.24, 2.45) is 0 Å². The monoisotopic (exact) mass is 467 g/mol. The molecule has 0 spiro atoms. The van der Waals surface area contributed by atoms with Gasteiger partial charge in [-0.2, -0.15) is 4.31 Å². The summed E-state index contributed by atoms with van der Waals surface area (Å²) in [6.07, 6.45) is 0. The van der Waals surface area contributed by atoms with Crippen LogP contribution < -0.4 is 4.90 Å².